The summed E-state index contributed by atoms with van der Waals surface area (Å²) in [5.74, 6) is 0.209. The van der Waals surface area contributed by atoms with Gasteiger partial charge < -0.3 is 10.2 Å². The molecule has 0 heterocycles. The molecule has 0 amide bonds. The van der Waals surface area contributed by atoms with Gasteiger partial charge in [0.05, 0.1) is 11.2 Å². The fourth-order valence-electron chi connectivity index (χ4n) is 4.33. The molecule has 0 spiro atoms. The lowest BCUT2D eigenvalue weighted by molar-refractivity contribution is -0.176. The molecule has 0 radical (unpaired) electrons. The van der Waals surface area contributed by atoms with Crippen LogP contribution < -0.4 is 0 Å². The first-order chi connectivity index (χ1) is 8.20. The largest absolute Gasteiger partial charge is 0.390 e. The predicted octanol–water partition coefficient (Wildman–Crippen LogP) is 2.15. The number of rotatable bonds is 2. The van der Waals surface area contributed by atoms with Gasteiger partial charge in [0, 0.05) is 11.8 Å². The Morgan fingerprint density at radius 2 is 1.83 bits per heavy atom. The molecule has 104 valence electrons. The van der Waals surface area contributed by atoms with Crippen LogP contribution in [0.3, 0.4) is 0 Å². The highest BCUT2D eigenvalue weighted by Gasteiger charge is 2.59. The molecular weight excluding hydrogens is 228 g/mol. The number of ketones is 1. The highest BCUT2D eigenvalue weighted by molar-refractivity contribution is 5.79. The maximum atomic E-state index is 11.8. The Kier molecular flexibility index (Phi) is 3.35. The lowest BCUT2D eigenvalue weighted by Crippen LogP contribution is -2.57. The molecule has 0 aliphatic heterocycles. The van der Waals surface area contributed by atoms with Gasteiger partial charge in [-0.3, -0.25) is 4.79 Å². The summed E-state index contributed by atoms with van der Waals surface area (Å²) in [5.41, 5.74) is -1.52. The highest BCUT2D eigenvalue weighted by atomic mass is 16.3. The Balaban J connectivity index is 2.40. The summed E-state index contributed by atoms with van der Waals surface area (Å²) in [7, 11) is 0. The van der Waals surface area contributed by atoms with Crippen molar-refractivity contribution >= 4 is 5.78 Å². The second-order valence-electron chi connectivity index (χ2n) is 6.93. The molecule has 0 aromatic carbocycles. The normalized spacial score (nSPS) is 48.3. The van der Waals surface area contributed by atoms with Gasteiger partial charge in [0.2, 0.25) is 0 Å². The SMILES string of the molecule is CC(=O)C1CCC2C1C(O)(C(C)C)CCC2(C)O. The molecule has 2 N–H and O–H groups in total. The number of carbonyl (C=O) groups excluding carboxylic acids is 1. The van der Waals surface area contributed by atoms with Gasteiger partial charge in [0.1, 0.15) is 5.78 Å². The van der Waals surface area contributed by atoms with E-state index in [-0.39, 0.29) is 29.5 Å². The molecule has 2 aliphatic rings. The smallest absolute Gasteiger partial charge is 0.133 e. The fraction of sp³-hybridized carbons (Fsp3) is 0.933. The summed E-state index contributed by atoms with van der Waals surface area (Å²) in [6.07, 6.45) is 2.91. The number of Topliss-reactive ketones (excluding diaryl/α,β-unsaturated/α-hetero) is 1. The van der Waals surface area contributed by atoms with Gasteiger partial charge >= 0.3 is 0 Å². The Hall–Kier alpha value is -0.410. The monoisotopic (exact) mass is 254 g/mol. The molecule has 2 saturated carbocycles. The lowest BCUT2D eigenvalue weighted by Gasteiger charge is -2.52. The van der Waals surface area contributed by atoms with Crippen LogP contribution in [-0.4, -0.2) is 27.2 Å². The first-order valence-corrected chi connectivity index (χ1v) is 7.15. The zero-order chi connectivity index (χ0) is 13.7. The minimum Gasteiger partial charge on any atom is -0.390 e. The van der Waals surface area contributed by atoms with Crippen LogP contribution in [-0.2, 0) is 4.79 Å². The van der Waals surface area contributed by atoms with E-state index in [2.05, 4.69) is 0 Å². The molecule has 2 fully saturated rings. The van der Waals surface area contributed by atoms with Crippen molar-refractivity contribution in [2.45, 2.75) is 64.6 Å². The summed E-state index contributed by atoms with van der Waals surface area (Å²) in [4.78, 5) is 11.8. The first-order valence-electron chi connectivity index (χ1n) is 7.15. The van der Waals surface area contributed by atoms with E-state index in [1.807, 2.05) is 20.8 Å². The first kappa shape index (κ1) is 14.0. The molecule has 0 aromatic heterocycles. The number of hydrogen-bond donors (Lipinski definition) is 2. The topological polar surface area (TPSA) is 57.5 Å². The average molecular weight is 254 g/mol. The van der Waals surface area contributed by atoms with Gasteiger partial charge in [0.25, 0.3) is 0 Å². The minimum atomic E-state index is -0.792. The molecular formula is C15H26O3. The van der Waals surface area contributed by atoms with Crippen molar-refractivity contribution in [3.05, 3.63) is 0 Å². The van der Waals surface area contributed by atoms with Gasteiger partial charge in [-0.15, -0.1) is 0 Å². The molecule has 5 atom stereocenters. The second kappa shape index (κ2) is 4.31. The van der Waals surface area contributed by atoms with Crippen molar-refractivity contribution in [2.75, 3.05) is 0 Å². The van der Waals surface area contributed by atoms with Crippen molar-refractivity contribution in [1.29, 1.82) is 0 Å². The van der Waals surface area contributed by atoms with E-state index >= 15 is 0 Å². The van der Waals surface area contributed by atoms with Crippen LogP contribution in [0.4, 0.5) is 0 Å². The fourth-order valence-corrected chi connectivity index (χ4v) is 4.33. The van der Waals surface area contributed by atoms with E-state index < -0.39 is 11.2 Å². The summed E-state index contributed by atoms with van der Waals surface area (Å²) in [5, 5.41) is 21.5. The number of hydrogen-bond acceptors (Lipinski definition) is 3. The number of aliphatic hydroxyl groups is 2. The molecule has 0 saturated heterocycles. The lowest BCUT2D eigenvalue weighted by atomic mass is 9.58. The van der Waals surface area contributed by atoms with Crippen molar-refractivity contribution in [3.63, 3.8) is 0 Å². The molecule has 5 unspecified atom stereocenters. The zero-order valence-electron chi connectivity index (χ0n) is 11.9. The Labute approximate surface area is 110 Å². The Bertz CT molecular complexity index is 348. The van der Waals surface area contributed by atoms with E-state index in [4.69, 9.17) is 0 Å². The maximum absolute atomic E-state index is 11.8. The standard InChI is InChI=1S/C15H26O3/c1-9(2)15(18)8-7-14(4,17)12-6-5-11(10(3)16)13(12)15/h9,11-13,17-18H,5-8H2,1-4H3. The third-order valence-electron chi connectivity index (χ3n) is 5.59. The van der Waals surface area contributed by atoms with Gasteiger partial charge in [-0.1, -0.05) is 13.8 Å². The van der Waals surface area contributed by atoms with Crippen LogP contribution in [0.1, 0.15) is 53.4 Å². The van der Waals surface area contributed by atoms with Gasteiger partial charge in [0.15, 0.2) is 0 Å². The van der Waals surface area contributed by atoms with Crippen LogP contribution in [0.2, 0.25) is 0 Å². The molecule has 2 aliphatic carbocycles. The Morgan fingerprint density at radius 1 is 1.22 bits per heavy atom. The van der Waals surface area contributed by atoms with Crippen LogP contribution in [0.15, 0.2) is 0 Å². The van der Waals surface area contributed by atoms with Crippen molar-refractivity contribution in [2.24, 2.45) is 23.7 Å². The molecule has 0 bridgehead atoms. The van der Waals surface area contributed by atoms with E-state index in [0.29, 0.717) is 12.8 Å². The number of carbonyl (C=O) groups is 1. The maximum Gasteiger partial charge on any atom is 0.133 e. The third-order valence-corrected chi connectivity index (χ3v) is 5.59. The highest BCUT2D eigenvalue weighted by Crippen LogP contribution is 2.56. The minimum absolute atomic E-state index is 0.0625. The summed E-state index contributed by atoms with van der Waals surface area (Å²) in [6, 6.07) is 0. The van der Waals surface area contributed by atoms with Gasteiger partial charge in [-0.2, -0.15) is 0 Å². The summed E-state index contributed by atoms with van der Waals surface area (Å²) >= 11 is 0. The average Bonchev–Trinajstić information content (AvgIpc) is 2.70. The zero-order valence-corrected chi connectivity index (χ0v) is 11.9. The van der Waals surface area contributed by atoms with Crippen LogP contribution in [0.5, 0.6) is 0 Å². The van der Waals surface area contributed by atoms with Crippen LogP contribution in [0.25, 0.3) is 0 Å². The molecule has 3 heteroatoms. The van der Waals surface area contributed by atoms with Crippen LogP contribution >= 0.6 is 0 Å². The van der Waals surface area contributed by atoms with Crippen molar-refractivity contribution < 1.29 is 15.0 Å². The van der Waals surface area contributed by atoms with E-state index in [9.17, 15) is 15.0 Å². The van der Waals surface area contributed by atoms with E-state index in [1.54, 1.807) is 6.92 Å². The van der Waals surface area contributed by atoms with E-state index in [1.165, 1.54) is 0 Å². The molecule has 3 nitrogen and oxygen atoms in total. The second-order valence-corrected chi connectivity index (χ2v) is 6.93. The van der Waals surface area contributed by atoms with Crippen LogP contribution in [0, 0.1) is 23.7 Å². The Morgan fingerprint density at radius 3 is 2.33 bits per heavy atom. The van der Waals surface area contributed by atoms with Gasteiger partial charge in [-0.25, -0.2) is 0 Å². The quantitative estimate of drug-likeness (QED) is 0.794. The predicted molar refractivity (Wildman–Crippen MR) is 70.0 cm³/mol. The summed E-state index contributed by atoms with van der Waals surface area (Å²) < 4.78 is 0. The summed E-state index contributed by atoms with van der Waals surface area (Å²) in [6.45, 7) is 7.53. The molecule has 2 rings (SSSR count). The van der Waals surface area contributed by atoms with E-state index in [0.717, 1.165) is 12.8 Å². The molecule has 18 heavy (non-hydrogen) atoms. The van der Waals surface area contributed by atoms with Crippen molar-refractivity contribution in [1.82, 2.24) is 0 Å². The molecule has 0 aromatic rings. The van der Waals surface area contributed by atoms with Gasteiger partial charge in [-0.05, 0) is 51.4 Å². The number of fused-ring (bicyclic) bond motifs is 1. The third kappa shape index (κ3) is 1.92. The van der Waals surface area contributed by atoms with Crippen molar-refractivity contribution in [3.8, 4) is 0 Å².